The molecule has 0 saturated carbocycles. The predicted molar refractivity (Wildman–Crippen MR) is 78.1 cm³/mol. The van der Waals surface area contributed by atoms with Gasteiger partial charge in [-0.1, -0.05) is 0 Å². The van der Waals surface area contributed by atoms with Crippen molar-refractivity contribution in [1.29, 1.82) is 0 Å². The quantitative estimate of drug-likeness (QED) is 0.352. The molecule has 0 unspecified atom stereocenters. The van der Waals surface area contributed by atoms with Gasteiger partial charge in [-0.2, -0.15) is 20.5 Å². The fourth-order valence-electron chi connectivity index (χ4n) is 2.75. The first-order valence-electron chi connectivity index (χ1n) is 7.09. The number of rotatable bonds is 3. The first-order chi connectivity index (χ1) is 11.6. The minimum Gasteiger partial charge on any atom is -0.394 e. The van der Waals surface area contributed by atoms with E-state index in [1.165, 1.54) is 17.2 Å². The summed E-state index contributed by atoms with van der Waals surface area (Å²) in [5.74, 6) is 0.177. The van der Waals surface area contributed by atoms with E-state index in [9.17, 15) is 15.3 Å². The number of hydrogen-bond donors (Lipinski definition) is 5. The molecule has 12 nitrogen and oxygen atoms in total. The van der Waals surface area contributed by atoms with Crippen LogP contribution in [0.15, 0.2) is 12.5 Å². The summed E-state index contributed by atoms with van der Waals surface area (Å²) in [4.78, 5) is 8.09. The second kappa shape index (κ2) is 5.45. The Morgan fingerprint density at radius 2 is 2.12 bits per heavy atom. The number of ether oxygens (including phenoxy) is 1. The highest BCUT2D eigenvalue weighted by molar-refractivity contribution is 5.97. The third-order valence-electron chi connectivity index (χ3n) is 3.93. The summed E-state index contributed by atoms with van der Waals surface area (Å²) in [6, 6.07) is 0. The second-order valence-electron chi connectivity index (χ2n) is 5.33. The van der Waals surface area contributed by atoms with E-state index in [-0.39, 0.29) is 5.82 Å². The van der Waals surface area contributed by atoms with Crippen molar-refractivity contribution in [3.63, 3.8) is 0 Å². The van der Waals surface area contributed by atoms with Crippen molar-refractivity contribution in [2.24, 2.45) is 0 Å². The smallest absolute Gasteiger partial charge is 0.181 e. The number of aliphatic hydroxyl groups excluding tert-OH is 3. The third kappa shape index (κ3) is 2.05. The second-order valence-corrected chi connectivity index (χ2v) is 5.33. The fraction of sp³-hybridized carbons (Fsp3) is 0.417. The van der Waals surface area contributed by atoms with Crippen LogP contribution in [-0.4, -0.2) is 75.4 Å². The molecule has 3 aromatic rings. The Labute approximate surface area is 133 Å². The van der Waals surface area contributed by atoms with Gasteiger partial charge in [-0.25, -0.2) is 14.6 Å². The highest BCUT2D eigenvalue weighted by Gasteiger charge is 2.45. The lowest BCUT2D eigenvalue weighted by Gasteiger charge is -2.15. The Hall–Kier alpha value is -2.67. The molecule has 6 N–H and O–H groups in total. The number of H-pyrrole nitrogens is 1. The number of aromatic amines is 1. The van der Waals surface area contributed by atoms with Gasteiger partial charge in [0.25, 0.3) is 0 Å². The molecule has 126 valence electrons. The molecular weight excluding hydrogens is 320 g/mol. The van der Waals surface area contributed by atoms with Crippen LogP contribution in [0.4, 0.5) is 5.82 Å². The van der Waals surface area contributed by atoms with E-state index in [1.807, 2.05) is 0 Å². The summed E-state index contributed by atoms with van der Waals surface area (Å²) in [5, 5.41) is 44.4. The normalized spacial score (nSPS) is 27.1. The summed E-state index contributed by atoms with van der Waals surface area (Å²) in [6.07, 6.45) is -1.83. The molecule has 4 rings (SSSR count). The Bertz CT molecular complexity index is 865. The van der Waals surface area contributed by atoms with Gasteiger partial charge >= 0.3 is 0 Å². The van der Waals surface area contributed by atoms with Gasteiger partial charge in [-0.3, -0.25) is 0 Å². The summed E-state index contributed by atoms with van der Waals surface area (Å²) in [7, 11) is 0. The lowest BCUT2D eigenvalue weighted by Crippen LogP contribution is -2.33. The molecule has 1 aliphatic heterocycles. The van der Waals surface area contributed by atoms with Crippen LogP contribution in [0.2, 0.25) is 0 Å². The molecular formula is C12H14N8O4. The number of nitrogens with zero attached hydrogens (tertiary/aromatic N) is 6. The monoisotopic (exact) mass is 334 g/mol. The maximum Gasteiger partial charge on any atom is 0.181 e. The molecule has 1 fully saturated rings. The Kier molecular flexibility index (Phi) is 3.38. The Morgan fingerprint density at radius 1 is 1.29 bits per heavy atom. The zero-order chi connectivity index (χ0) is 16.8. The lowest BCUT2D eigenvalue weighted by atomic mass is 10.1. The van der Waals surface area contributed by atoms with Crippen LogP contribution < -0.4 is 5.73 Å². The largest absolute Gasteiger partial charge is 0.394 e. The van der Waals surface area contributed by atoms with Crippen LogP contribution in [0.25, 0.3) is 22.4 Å². The van der Waals surface area contributed by atoms with Gasteiger partial charge in [0.2, 0.25) is 0 Å². The summed E-state index contributed by atoms with van der Waals surface area (Å²) >= 11 is 0. The molecule has 3 aromatic heterocycles. The number of nitrogens with one attached hydrogen (secondary N) is 1. The minimum atomic E-state index is -1.30. The van der Waals surface area contributed by atoms with E-state index in [4.69, 9.17) is 10.5 Å². The van der Waals surface area contributed by atoms with Gasteiger partial charge in [-0.05, 0) is 0 Å². The van der Waals surface area contributed by atoms with E-state index in [1.54, 1.807) is 0 Å². The number of fused-ring (bicyclic) bond motifs is 1. The Morgan fingerprint density at radius 3 is 2.79 bits per heavy atom. The third-order valence-corrected chi connectivity index (χ3v) is 3.93. The van der Waals surface area contributed by atoms with Gasteiger partial charge in [0.15, 0.2) is 11.9 Å². The molecule has 4 atom stereocenters. The minimum absolute atomic E-state index is 0.177. The lowest BCUT2D eigenvalue weighted by molar-refractivity contribution is -0.0565. The molecule has 4 heterocycles. The number of nitrogens with two attached hydrogens (primary N) is 1. The van der Waals surface area contributed by atoms with E-state index in [0.717, 1.165) is 0 Å². The highest BCUT2D eigenvalue weighted by Crippen LogP contribution is 2.35. The van der Waals surface area contributed by atoms with Gasteiger partial charge in [0.05, 0.1) is 18.2 Å². The number of hydrogen-bond acceptors (Lipinski definition) is 10. The van der Waals surface area contributed by atoms with Crippen LogP contribution in [-0.2, 0) is 4.74 Å². The number of nitrogen functional groups attached to an aromatic ring is 1. The van der Waals surface area contributed by atoms with Crippen molar-refractivity contribution in [3.8, 4) is 11.4 Å². The van der Waals surface area contributed by atoms with Crippen LogP contribution in [0.5, 0.6) is 0 Å². The molecule has 1 aliphatic rings. The van der Waals surface area contributed by atoms with Crippen LogP contribution in [0, 0.1) is 0 Å². The summed E-state index contributed by atoms with van der Waals surface area (Å²) in [5.41, 5.74) is 7.00. The Balaban J connectivity index is 1.90. The first-order valence-corrected chi connectivity index (χ1v) is 7.09. The average molecular weight is 334 g/mol. The predicted octanol–water partition coefficient (Wildman–Crippen LogP) is -2.19. The van der Waals surface area contributed by atoms with Crippen LogP contribution in [0.3, 0.4) is 0 Å². The molecule has 12 heteroatoms. The SMILES string of the molecule is Nc1ncnc2c1c(-c1cn[nH]n1)nn2[C@@H]1O[C@H](CO)[C@@H](O)[C@H]1O. The molecule has 0 aromatic carbocycles. The number of aromatic nitrogens is 7. The van der Waals surface area contributed by atoms with Gasteiger partial charge < -0.3 is 25.8 Å². The standard InChI is InChI=1S/C12H14N8O4/c13-10-6-7(4-1-16-19-17-4)18-20(11(6)15-3-14-10)12-9(23)8(22)5(2-21)24-12/h1,3,5,8-9,12,21-23H,2H2,(H2,13,14,15)(H,16,17,19)/t5-,8-,9-,12-/m1/s1. The van der Waals surface area contributed by atoms with Crippen molar-refractivity contribution in [1.82, 2.24) is 35.2 Å². The fourth-order valence-corrected chi connectivity index (χ4v) is 2.75. The zero-order valence-corrected chi connectivity index (χ0v) is 12.2. The van der Waals surface area contributed by atoms with Crippen molar-refractivity contribution in [2.75, 3.05) is 12.3 Å². The maximum absolute atomic E-state index is 10.2. The van der Waals surface area contributed by atoms with Crippen molar-refractivity contribution >= 4 is 16.9 Å². The van der Waals surface area contributed by atoms with Crippen molar-refractivity contribution in [3.05, 3.63) is 12.5 Å². The van der Waals surface area contributed by atoms with Gasteiger partial charge in [-0.15, -0.1) is 0 Å². The molecule has 0 amide bonds. The van der Waals surface area contributed by atoms with Gasteiger partial charge in [0, 0.05) is 0 Å². The summed E-state index contributed by atoms with van der Waals surface area (Å²) < 4.78 is 6.80. The van der Waals surface area contributed by atoms with Crippen molar-refractivity contribution in [2.45, 2.75) is 24.5 Å². The number of anilines is 1. The summed E-state index contributed by atoms with van der Waals surface area (Å²) in [6.45, 7) is -0.443. The topological polar surface area (TPSA) is 181 Å². The first kappa shape index (κ1) is 14.9. The average Bonchev–Trinajstić information content (AvgIpc) is 3.28. The van der Waals surface area contributed by atoms with E-state index < -0.39 is 31.1 Å². The highest BCUT2D eigenvalue weighted by atomic mass is 16.6. The molecule has 24 heavy (non-hydrogen) atoms. The molecule has 0 spiro atoms. The van der Waals surface area contributed by atoms with Crippen molar-refractivity contribution < 1.29 is 20.1 Å². The van der Waals surface area contributed by atoms with E-state index in [0.29, 0.717) is 22.4 Å². The van der Waals surface area contributed by atoms with Crippen LogP contribution >= 0.6 is 0 Å². The molecule has 0 bridgehead atoms. The molecule has 1 saturated heterocycles. The number of aliphatic hydroxyl groups is 3. The zero-order valence-electron chi connectivity index (χ0n) is 12.2. The van der Waals surface area contributed by atoms with E-state index >= 15 is 0 Å². The van der Waals surface area contributed by atoms with Gasteiger partial charge in [0.1, 0.15) is 41.8 Å². The van der Waals surface area contributed by atoms with Crippen LogP contribution in [0.1, 0.15) is 6.23 Å². The molecule has 0 radical (unpaired) electrons. The maximum atomic E-state index is 10.2. The molecule has 0 aliphatic carbocycles. The van der Waals surface area contributed by atoms with E-state index in [2.05, 4.69) is 30.5 Å².